The van der Waals surface area contributed by atoms with Crippen LogP contribution in [0.4, 0.5) is 13.2 Å². The Bertz CT molecular complexity index is 806. The SMILES string of the molecule is CCCCC(=O)[O-].CCc1cc(C)c(C(=O)c2ccc(C(F)(F)F)cc2)n1C. The fourth-order valence-electron chi connectivity index (χ4n) is 2.76. The Morgan fingerprint density at radius 2 is 1.68 bits per heavy atom. The topological polar surface area (TPSA) is 62.1 Å². The zero-order valence-corrected chi connectivity index (χ0v) is 16.5. The van der Waals surface area contributed by atoms with Crippen LogP contribution in [0.15, 0.2) is 30.3 Å². The van der Waals surface area contributed by atoms with Gasteiger partial charge in [0.05, 0.1) is 11.3 Å². The Kier molecular flexibility index (Phi) is 8.47. The number of benzene rings is 1. The molecule has 0 aliphatic carbocycles. The third-order valence-corrected chi connectivity index (χ3v) is 4.31. The van der Waals surface area contributed by atoms with Crippen molar-refractivity contribution in [2.45, 2.75) is 52.6 Å². The lowest BCUT2D eigenvalue weighted by molar-refractivity contribution is -0.305. The molecule has 0 spiro atoms. The number of carbonyl (C=O) groups is 2. The van der Waals surface area contributed by atoms with Gasteiger partial charge in [-0.1, -0.05) is 32.4 Å². The maximum atomic E-state index is 12.5. The van der Waals surface area contributed by atoms with Gasteiger partial charge in [0.25, 0.3) is 0 Å². The number of aryl methyl sites for hydroxylation is 2. The third kappa shape index (κ3) is 6.25. The number of halogens is 3. The predicted molar refractivity (Wildman–Crippen MR) is 98.9 cm³/mol. The average molecular weight is 396 g/mol. The van der Waals surface area contributed by atoms with Crippen molar-refractivity contribution in [1.29, 1.82) is 0 Å². The minimum absolute atomic E-state index is 0.205. The van der Waals surface area contributed by atoms with E-state index in [4.69, 9.17) is 0 Å². The van der Waals surface area contributed by atoms with Crippen LogP contribution in [0.1, 0.15) is 66.0 Å². The molecule has 7 heteroatoms. The van der Waals surface area contributed by atoms with Gasteiger partial charge in [0.15, 0.2) is 0 Å². The van der Waals surface area contributed by atoms with Gasteiger partial charge in [0, 0.05) is 24.3 Å². The number of hydrogen-bond acceptors (Lipinski definition) is 3. The van der Waals surface area contributed by atoms with E-state index in [2.05, 4.69) is 0 Å². The molecular weight excluding hydrogens is 371 g/mol. The molecule has 0 atom stereocenters. The summed E-state index contributed by atoms with van der Waals surface area (Å²) in [7, 11) is 1.79. The fraction of sp³-hybridized carbons (Fsp3) is 0.429. The van der Waals surface area contributed by atoms with Crippen molar-refractivity contribution in [3.05, 3.63) is 58.4 Å². The number of carbonyl (C=O) groups excluding carboxylic acids is 2. The molecule has 4 nitrogen and oxygen atoms in total. The van der Waals surface area contributed by atoms with Crippen LogP contribution in [0, 0.1) is 6.92 Å². The Morgan fingerprint density at radius 3 is 2.04 bits per heavy atom. The number of nitrogens with zero attached hydrogens (tertiary/aromatic N) is 1. The number of rotatable bonds is 6. The summed E-state index contributed by atoms with van der Waals surface area (Å²) in [4.78, 5) is 22.1. The first-order chi connectivity index (χ1) is 13.0. The average Bonchev–Trinajstić information content (AvgIpc) is 2.92. The summed E-state index contributed by atoms with van der Waals surface area (Å²) >= 11 is 0. The van der Waals surface area contributed by atoms with Gasteiger partial charge in [-0.15, -0.1) is 0 Å². The molecule has 0 bridgehead atoms. The quantitative estimate of drug-likeness (QED) is 0.692. The number of alkyl halides is 3. The standard InChI is InChI=1S/C16H16F3NO.C5H10O2/c1-4-13-9-10(2)14(20(13)3)15(21)11-5-7-12(8-6-11)16(17,18)19;1-2-3-4-5(6)7/h5-9H,4H2,1-3H3;2-4H2,1H3,(H,6,7)/p-1. The summed E-state index contributed by atoms with van der Waals surface area (Å²) < 4.78 is 39.4. The zero-order chi connectivity index (χ0) is 21.5. The fourth-order valence-corrected chi connectivity index (χ4v) is 2.76. The van der Waals surface area contributed by atoms with E-state index in [1.807, 2.05) is 26.8 Å². The Morgan fingerprint density at radius 1 is 1.11 bits per heavy atom. The van der Waals surface area contributed by atoms with Gasteiger partial charge in [-0.25, -0.2) is 0 Å². The lowest BCUT2D eigenvalue weighted by Gasteiger charge is -2.09. The van der Waals surface area contributed by atoms with Crippen LogP contribution in [-0.4, -0.2) is 16.3 Å². The van der Waals surface area contributed by atoms with Gasteiger partial charge in [0.1, 0.15) is 0 Å². The van der Waals surface area contributed by atoms with Crippen LogP contribution in [0.5, 0.6) is 0 Å². The number of aromatic nitrogens is 1. The Hall–Kier alpha value is -2.57. The smallest absolute Gasteiger partial charge is 0.416 e. The molecule has 1 heterocycles. The minimum atomic E-state index is -4.39. The second-order valence-corrected chi connectivity index (χ2v) is 6.46. The molecule has 0 radical (unpaired) electrons. The molecule has 0 unspecified atom stereocenters. The monoisotopic (exact) mass is 396 g/mol. The van der Waals surface area contributed by atoms with Gasteiger partial charge in [-0.3, -0.25) is 4.79 Å². The number of carboxylic acids is 1. The van der Waals surface area contributed by atoms with E-state index in [1.54, 1.807) is 11.6 Å². The van der Waals surface area contributed by atoms with Gasteiger partial charge in [-0.2, -0.15) is 13.2 Å². The molecule has 1 aromatic heterocycles. The minimum Gasteiger partial charge on any atom is -0.550 e. The first-order valence-electron chi connectivity index (χ1n) is 9.09. The molecule has 0 N–H and O–H groups in total. The van der Waals surface area contributed by atoms with Crippen LogP contribution in [0.2, 0.25) is 0 Å². The van der Waals surface area contributed by atoms with Crippen LogP contribution in [0.25, 0.3) is 0 Å². The van der Waals surface area contributed by atoms with Crippen molar-refractivity contribution in [2.75, 3.05) is 0 Å². The number of aliphatic carboxylic acids is 1. The Balaban J connectivity index is 0.000000480. The molecule has 1 aromatic carbocycles. The van der Waals surface area contributed by atoms with E-state index in [-0.39, 0.29) is 17.8 Å². The number of unbranched alkanes of at least 4 members (excludes halogenated alkanes) is 1. The first kappa shape index (κ1) is 23.5. The second-order valence-electron chi connectivity index (χ2n) is 6.46. The lowest BCUT2D eigenvalue weighted by Crippen LogP contribution is -2.21. The maximum Gasteiger partial charge on any atom is 0.416 e. The van der Waals surface area contributed by atoms with Crippen molar-refractivity contribution < 1.29 is 27.9 Å². The van der Waals surface area contributed by atoms with Crippen molar-refractivity contribution in [3.8, 4) is 0 Å². The molecule has 0 amide bonds. The van der Waals surface area contributed by atoms with Gasteiger partial charge in [0.2, 0.25) is 5.78 Å². The summed E-state index contributed by atoms with van der Waals surface area (Å²) in [6, 6.07) is 6.25. The predicted octanol–water partition coefficient (Wildman–Crippen LogP) is 4.07. The van der Waals surface area contributed by atoms with E-state index in [0.717, 1.165) is 42.7 Å². The molecule has 28 heavy (non-hydrogen) atoms. The van der Waals surface area contributed by atoms with Crippen LogP contribution >= 0.6 is 0 Å². The van der Waals surface area contributed by atoms with E-state index in [9.17, 15) is 27.9 Å². The van der Waals surface area contributed by atoms with E-state index in [0.29, 0.717) is 5.69 Å². The van der Waals surface area contributed by atoms with E-state index < -0.39 is 17.7 Å². The number of ketones is 1. The van der Waals surface area contributed by atoms with Crippen molar-refractivity contribution in [1.82, 2.24) is 4.57 Å². The largest absolute Gasteiger partial charge is 0.550 e. The molecular formula is C21H25F3NO3-. The summed E-state index contributed by atoms with van der Waals surface area (Å²) in [6.45, 7) is 5.76. The highest BCUT2D eigenvalue weighted by molar-refractivity contribution is 6.09. The van der Waals surface area contributed by atoms with Crippen molar-refractivity contribution in [2.24, 2.45) is 7.05 Å². The lowest BCUT2D eigenvalue weighted by atomic mass is 10.0. The van der Waals surface area contributed by atoms with Gasteiger partial charge < -0.3 is 14.5 Å². The number of carboxylic acid groups (broad SMARTS) is 1. The van der Waals surface area contributed by atoms with Crippen molar-refractivity contribution >= 4 is 11.8 Å². The molecule has 0 saturated heterocycles. The highest BCUT2D eigenvalue weighted by Crippen LogP contribution is 2.29. The number of hydrogen-bond donors (Lipinski definition) is 0. The summed E-state index contributed by atoms with van der Waals surface area (Å²) in [6.07, 6.45) is -1.73. The molecule has 0 fully saturated rings. The summed E-state index contributed by atoms with van der Waals surface area (Å²) in [5, 5.41) is 9.65. The molecule has 154 valence electrons. The zero-order valence-electron chi connectivity index (χ0n) is 16.5. The normalized spacial score (nSPS) is 11.0. The molecule has 2 rings (SSSR count). The second kappa shape index (κ2) is 10.1. The van der Waals surface area contributed by atoms with Gasteiger partial charge in [-0.05, 0) is 49.9 Å². The molecule has 0 saturated carbocycles. The third-order valence-electron chi connectivity index (χ3n) is 4.31. The highest BCUT2D eigenvalue weighted by Gasteiger charge is 2.30. The summed E-state index contributed by atoms with van der Waals surface area (Å²) in [5.41, 5.74) is 1.88. The molecule has 2 aromatic rings. The van der Waals surface area contributed by atoms with Crippen molar-refractivity contribution in [3.63, 3.8) is 0 Å². The summed E-state index contributed by atoms with van der Waals surface area (Å²) in [5.74, 6) is -1.20. The Labute approximate surface area is 163 Å². The van der Waals surface area contributed by atoms with E-state index in [1.165, 1.54) is 12.1 Å². The highest BCUT2D eigenvalue weighted by atomic mass is 19.4. The van der Waals surface area contributed by atoms with E-state index >= 15 is 0 Å². The van der Waals surface area contributed by atoms with Crippen LogP contribution in [0.3, 0.4) is 0 Å². The van der Waals surface area contributed by atoms with Crippen LogP contribution < -0.4 is 5.11 Å². The maximum absolute atomic E-state index is 12.5. The molecule has 0 aliphatic heterocycles. The molecule has 0 aliphatic rings. The van der Waals surface area contributed by atoms with Gasteiger partial charge >= 0.3 is 6.18 Å². The first-order valence-corrected chi connectivity index (χ1v) is 9.09. The van der Waals surface area contributed by atoms with Crippen LogP contribution in [-0.2, 0) is 24.4 Å².